The molecule has 0 aliphatic heterocycles. The van der Waals surface area contributed by atoms with Gasteiger partial charge in [-0.05, 0) is 88.2 Å². The Kier molecular flexibility index (Phi) is 8.38. The number of hydrogen-bond donors (Lipinski definition) is 4. The second-order valence-electron chi connectivity index (χ2n) is 12.7. The molecule has 2 aromatic carbocycles. The Morgan fingerprint density at radius 1 is 0.600 bits per heavy atom. The van der Waals surface area contributed by atoms with E-state index in [4.69, 9.17) is 20.9 Å². The summed E-state index contributed by atoms with van der Waals surface area (Å²) in [6, 6.07) is 19.3. The Balaban J connectivity index is 0.000000269. The Morgan fingerprint density at radius 2 is 1.02 bits per heavy atom. The largest absolute Gasteiger partial charge is 0.445 e. The van der Waals surface area contributed by atoms with Gasteiger partial charge in [0.15, 0.2) is 0 Å². The zero-order valence-corrected chi connectivity index (χ0v) is 23.5. The highest BCUT2D eigenvalue weighted by Gasteiger charge is 2.53. The summed E-state index contributed by atoms with van der Waals surface area (Å²) in [6.45, 7) is 0.496. The van der Waals surface area contributed by atoms with Crippen LogP contribution in [0.4, 0.5) is 9.59 Å². The summed E-state index contributed by atoms with van der Waals surface area (Å²) in [5, 5.41) is 6.19. The minimum atomic E-state index is -0.400. The summed E-state index contributed by atoms with van der Waals surface area (Å²) in [6.07, 6.45) is 11.3. The van der Waals surface area contributed by atoms with E-state index in [9.17, 15) is 9.59 Å². The highest BCUT2D eigenvalue weighted by atomic mass is 16.6. The fraction of sp³-hybridized carbons (Fsp3) is 0.562. The average molecular weight is 549 g/mol. The van der Waals surface area contributed by atoms with Crippen molar-refractivity contribution in [3.05, 3.63) is 71.8 Å². The second kappa shape index (κ2) is 11.8. The summed E-state index contributed by atoms with van der Waals surface area (Å²) in [7, 11) is 0. The number of hydrogen-bond acceptors (Lipinski definition) is 6. The Morgan fingerprint density at radius 3 is 1.45 bits per heavy atom. The number of amides is 2. The van der Waals surface area contributed by atoms with Crippen LogP contribution in [0, 0.1) is 0 Å². The molecule has 40 heavy (non-hydrogen) atoms. The lowest BCUT2D eigenvalue weighted by Gasteiger charge is -2.39. The van der Waals surface area contributed by atoms with Gasteiger partial charge in [-0.25, -0.2) is 9.59 Å². The topological polar surface area (TPSA) is 129 Å². The number of ether oxygens (including phenoxy) is 2. The van der Waals surface area contributed by atoms with Crippen molar-refractivity contribution in [2.75, 3.05) is 0 Å². The predicted octanol–water partition coefficient (Wildman–Crippen LogP) is 5.43. The molecule has 8 nitrogen and oxygen atoms in total. The number of benzene rings is 2. The molecule has 4 saturated carbocycles. The van der Waals surface area contributed by atoms with Crippen LogP contribution in [0.3, 0.4) is 0 Å². The smallest absolute Gasteiger partial charge is 0.407 e. The van der Waals surface area contributed by atoms with E-state index in [-0.39, 0.29) is 35.4 Å². The van der Waals surface area contributed by atoms with Gasteiger partial charge >= 0.3 is 12.2 Å². The SMILES string of the molecule is NC12CCCC(N)(CC1)C2.O=C(NC12CCCC(NC(=O)OCc3ccccc3)(CC1)C2)OCc1ccccc1. The maximum atomic E-state index is 12.4. The van der Waals surface area contributed by atoms with Crippen LogP contribution < -0.4 is 22.1 Å². The van der Waals surface area contributed by atoms with Crippen molar-refractivity contribution in [2.24, 2.45) is 11.5 Å². The van der Waals surface area contributed by atoms with E-state index >= 15 is 0 Å². The van der Waals surface area contributed by atoms with Crippen molar-refractivity contribution in [3.63, 3.8) is 0 Å². The molecule has 4 fully saturated rings. The van der Waals surface area contributed by atoms with Crippen molar-refractivity contribution in [3.8, 4) is 0 Å². The molecule has 0 spiro atoms. The Hall–Kier alpha value is -3.10. The molecule has 4 bridgehead atoms. The Bertz CT molecular complexity index is 1080. The van der Waals surface area contributed by atoms with E-state index in [1.165, 1.54) is 19.3 Å². The van der Waals surface area contributed by atoms with Gasteiger partial charge < -0.3 is 31.6 Å². The van der Waals surface area contributed by atoms with Crippen LogP contribution in [0.15, 0.2) is 60.7 Å². The molecular formula is C32H44N4O4. The molecule has 216 valence electrons. The third-order valence-electron chi connectivity index (χ3n) is 9.40. The lowest BCUT2D eigenvalue weighted by molar-refractivity contribution is 0.107. The van der Waals surface area contributed by atoms with Crippen LogP contribution in [-0.2, 0) is 22.7 Å². The third kappa shape index (κ3) is 7.15. The molecule has 0 saturated heterocycles. The number of carbonyl (C=O) groups is 2. The predicted molar refractivity (Wildman–Crippen MR) is 154 cm³/mol. The maximum absolute atomic E-state index is 12.4. The van der Waals surface area contributed by atoms with Crippen LogP contribution in [-0.4, -0.2) is 34.3 Å². The molecule has 4 atom stereocenters. The molecule has 4 aliphatic carbocycles. The molecule has 0 heterocycles. The highest BCUT2D eigenvalue weighted by Crippen LogP contribution is 2.48. The van der Waals surface area contributed by atoms with Gasteiger partial charge in [0.1, 0.15) is 13.2 Å². The number of carbonyl (C=O) groups excluding carboxylic acids is 2. The van der Waals surface area contributed by atoms with Crippen LogP contribution in [0.5, 0.6) is 0 Å². The summed E-state index contributed by atoms with van der Waals surface area (Å²) in [5.41, 5.74) is 13.7. The van der Waals surface area contributed by atoms with Gasteiger partial charge in [0.25, 0.3) is 0 Å². The van der Waals surface area contributed by atoms with Crippen LogP contribution in [0.1, 0.15) is 88.2 Å². The lowest BCUT2D eigenvalue weighted by atomic mass is 9.78. The van der Waals surface area contributed by atoms with Gasteiger partial charge in [0, 0.05) is 22.2 Å². The lowest BCUT2D eigenvalue weighted by Crippen LogP contribution is -2.55. The van der Waals surface area contributed by atoms with E-state index in [1.54, 1.807) is 0 Å². The molecule has 4 unspecified atom stereocenters. The summed E-state index contributed by atoms with van der Waals surface area (Å²) in [4.78, 5) is 24.8. The van der Waals surface area contributed by atoms with Gasteiger partial charge in [-0.1, -0.05) is 60.7 Å². The number of fused-ring (bicyclic) bond motifs is 4. The average Bonchev–Trinajstić information content (AvgIpc) is 3.32. The second-order valence-corrected chi connectivity index (χ2v) is 12.7. The molecule has 4 aliphatic rings. The molecule has 6 N–H and O–H groups in total. The van der Waals surface area contributed by atoms with Gasteiger partial charge in [-0.15, -0.1) is 0 Å². The van der Waals surface area contributed by atoms with E-state index < -0.39 is 12.2 Å². The third-order valence-corrected chi connectivity index (χ3v) is 9.40. The van der Waals surface area contributed by atoms with E-state index in [1.807, 2.05) is 60.7 Å². The van der Waals surface area contributed by atoms with Crippen molar-refractivity contribution in [1.29, 1.82) is 0 Å². The fourth-order valence-corrected chi connectivity index (χ4v) is 7.38. The van der Waals surface area contributed by atoms with E-state index in [2.05, 4.69) is 10.6 Å². The van der Waals surface area contributed by atoms with Crippen LogP contribution in [0.2, 0.25) is 0 Å². The number of alkyl carbamates (subject to hydrolysis) is 2. The standard InChI is InChI=1S/C24H28N2O4.C8H16N2/c27-21(29-16-19-8-3-1-4-9-19)25-23-12-7-13-24(18-23,15-14-23)26-22(28)30-17-20-10-5-2-6-11-20;9-7-2-1-3-8(10,6-7)5-4-7/h1-6,8-11H,7,12-18H2,(H,25,27)(H,26,28);1-6,9-10H2. The quantitative estimate of drug-likeness (QED) is 0.381. The monoisotopic (exact) mass is 548 g/mol. The minimum Gasteiger partial charge on any atom is -0.445 e. The first-order valence-corrected chi connectivity index (χ1v) is 14.7. The zero-order chi connectivity index (χ0) is 28.1. The van der Waals surface area contributed by atoms with Crippen molar-refractivity contribution in [2.45, 2.75) is 112 Å². The molecule has 6 rings (SSSR count). The minimum absolute atomic E-state index is 0.132. The Labute approximate surface area is 237 Å². The molecule has 0 radical (unpaired) electrons. The van der Waals surface area contributed by atoms with E-state index in [0.29, 0.717) is 6.42 Å². The van der Waals surface area contributed by atoms with Crippen LogP contribution in [0.25, 0.3) is 0 Å². The summed E-state index contributed by atoms with van der Waals surface area (Å²) in [5.74, 6) is 0. The number of nitrogens with two attached hydrogens (primary N) is 2. The van der Waals surface area contributed by atoms with Crippen molar-refractivity contribution < 1.29 is 19.1 Å². The van der Waals surface area contributed by atoms with Crippen molar-refractivity contribution >= 4 is 12.2 Å². The van der Waals surface area contributed by atoms with Crippen LogP contribution >= 0.6 is 0 Å². The normalized spacial score (nSPS) is 31.9. The first kappa shape index (κ1) is 28.4. The zero-order valence-electron chi connectivity index (χ0n) is 23.5. The molecule has 0 aromatic heterocycles. The molecule has 2 amide bonds. The van der Waals surface area contributed by atoms with Crippen molar-refractivity contribution in [1.82, 2.24) is 10.6 Å². The van der Waals surface area contributed by atoms with Gasteiger partial charge in [0.2, 0.25) is 0 Å². The molecule has 8 heteroatoms. The molecular weight excluding hydrogens is 504 g/mol. The first-order chi connectivity index (χ1) is 19.2. The summed E-state index contributed by atoms with van der Waals surface area (Å²) < 4.78 is 10.8. The number of nitrogens with one attached hydrogen (secondary N) is 2. The van der Waals surface area contributed by atoms with E-state index in [0.717, 1.165) is 62.5 Å². The fourth-order valence-electron chi connectivity index (χ4n) is 7.38. The highest BCUT2D eigenvalue weighted by molar-refractivity contribution is 5.70. The first-order valence-electron chi connectivity index (χ1n) is 14.7. The van der Waals surface area contributed by atoms with Gasteiger partial charge in [0.05, 0.1) is 0 Å². The maximum Gasteiger partial charge on any atom is 0.407 e. The summed E-state index contributed by atoms with van der Waals surface area (Å²) >= 11 is 0. The van der Waals surface area contributed by atoms with Gasteiger partial charge in [-0.3, -0.25) is 0 Å². The van der Waals surface area contributed by atoms with Gasteiger partial charge in [-0.2, -0.15) is 0 Å². The molecule has 2 aromatic rings. The number of rotatable bonds is 6.